The van der Waals surface area contributed by atoms with E-state index in [1.165, 1.54) is 22.2 Å². The van der Waals surface area contributed by atoms with Crippen LogP contribution < -0.4 is 5.56 Å². The van der Waals surface area contributed by atoms with Crippen LogP contribution in [0.3, 0.4) is 0 Å². The first kappa shape index (κ1) is 13.6. The third kappa shape index (κ3) is 2.78. The molecule has 0 saturated heterocycles. The van der Waals surface area contributed by atoms with Crippen LogP contribution in [0.1, 0.15) is 15.4 Å². The number of ketones is 1. The summed E-state index contributed by atoms with van der Waals surface area (Å²) < 4.78 is 2.58. The second-order valence-corrected chi connectivity index (χ2v) is 6.86. The van der Waals surface area contributed by atoms with Crippen LogP contribution in [-0.2, 0) is 6.54 Å². The van der Waals surface area contributed by atoms with E-state index in [1.807, 2.05) is 6.07 Å². The molecule has 0 N–H and O–H groups in total. The lowest BCUT2D eigenvalue weighted by Gasteiger charge is -2.05. The molecule has 4 nitrogen and oxygen atoms in total. The Morgan fingerprint density at radius 2 is 2.17 bits per heavy atom. The number of aromatic nitrogens is 2. The van der Waals surface area contributed by atoms with Crippen LogP contribution in [0.15, 0.2) is 31.5 Å². The van der Waals surface area contributed by atoms with Crippen LogP contribution in [-0.4, -0.2) is 15.3 Å². The molecule has 0 aliphatic carbocycles. The smallest absolute Gasteiger partial charge is 0.268 e. The molecular formula is C11H8Br2N2O2S. The molecule has 0 amide bonds. The highest BCUT2D eigenvalue weighted by atomic mass is 79.9. The number of nitrogens with zero attached hydrogens (tertiary/aromatic N) is 2. The van der Waals surface area contributed by atoms with Gasteiger partial charge >= 0.3 is 0 Å². The average molecular weight is 392 g/mol. The Morgan fingerprint density at radius 1 is 1.44 bits per heavy atom. The summed E-state index contributed by atoms with van der Waals surface area (Å²) in [6, 6.07) is 3.54. The van der Waals surface area contributed by atoms with Gasteiger partial charge in [-0.25, -0.2) is 4.98 Å². The van der Waals surface area contributed by atoms with Gasteiger partial charge in [0.15, 0.2) is 5.78 Å². The zero-order chi connectivity index (χ0) is 13.3. The van der Waals surface area contributed by atoms with Crippen LogP contribution in [0.2, 0.25) is 0 Å². The lowest BCUT2D eigenvalue weighted by Crippen LogP contribution is -2.25. The highest BCUT2D eigenvalue weighted by molar-refractivity contribution is 9.11. The molecule has 0 aliphatic rings. The zero-order valence-electron chi connectivity index (χ0n) is 9.31. The van der Waals surface area contributed by atoms with Crippen molar-refractivity contribution in [2.45, 2.75) is 13.5 Å². The van der Waals surface area contributed by atoms with Crippen molar-refractivity contribution in [2.75, 3.05) is 0 Å². The molecular weight excluding hydrogens is 384 g/mol. The third-order valence-corrected chi connectivity index (χ3v) is 4.90. The molecule has 7 heteroatoms. The van der Waals surface area contributed by atoms with Gasteiger partial charge in [-0.3, -0.25) is 14.2 Å². The van der Waals surface area contributed by atoms with Gasteiger partial charge in [0, 0.05) is 0 Å². The zero-order valence-corrected chi connectivity index (χ0v) is 13.3. The second-order valence-electron chi connectivity index (χ2n) is 3.60. The van der Waals surface area contributed by atoms with Gasteiger partial charge in [0.2, 0.25) is 0 Å². The minimum Gasteiger partial charge on any atom is -0.291 e. The van der Waals surface area contributed by atoms with Crippen molar-refractivity contribution in [3.63, 3.8) is 0 Å². The molecule has 2 rings (SSSR count). The maximum absolute atomic E-state index is 12.0. The molecule has 0 aromatic carbocycles. The molecule has 0 bridgehead atoms. The third-order valence-electron chi connectivity index (χ3n) is 2.32. The fraction of sp³-hybridized carbons (Fsp3) is 0.182. The van der Waals surface area contributed by atoms with Gasteiger partial charge < -0.3 is 0 Å². The molecule has 0 atom stereocenters. The highest BCUT2D eigenvalue weighted by Gasteiger charge is 2.12. The molecule has 0 saturated carbocycles. The molecule has 0 aliphatic heterocycles. The van der Waals surface area contributed by atoms with Crippen molar-refractivity contribution in [2.24, 2.45) is 0 Å². The minimum atomic E-state index is -0.244. The van der Waals surface area contributed by atoms with E-state index < -0.39 is 0 Å². The number of aryl methyl sites for hydroxylation is 1. The molecule has 2 aromatic rings. The van der Waals surface area contributed by atoms with E-state index in [4.69, 9.17) is 0 Å². The van der Waals surface area contributed by atoms with E-state index in [0.717, 1.165) is 3.79 Å². The lowest BCUT2D eigenvalue weighted by atomic mass is 10.3. The first-order valence-corrected chi connectivity index (χ1v) is 7.39. The van der Waals surface area contributed by atoms with E-state index in [9.17, 15) is 9.59 Å². The number of halogens is 2. The van der Waals surface area contributed by atoms with Crippen LogP contribution in [0, 0.1) is 6.92 Å². The first-order valence-electron chi connectivity index (χ1n) is 4.99. The Balaban J connectivity index is 2.28. The molecule has 0 fully saturated rings. The molecule has 2 heterocycles. The lowest BCUT2D eigenvalue weighted by molar-refractivity contribution is 0.0974. The standard InChI is InChI=1S/C11H8Br2N2O2S/c1-6-10(13)11(17)15(5-14-6)4-7(16)8-2-3-9(12)18-8/h2-3,5H,4H2,1H3. The largest absolute Gasteiger partial charge is 0.291 e. The van der Waals surface area contributed by atoms with Crippen molar-refractivity contribution in [1.82, 2.24) is 9.55 Å². The summed E-state index contributed by atoms with van der Waals surface area (Å²) in [5.41, 5.74) is 0.369. The van der Waals surface area contributed by atoms with Crippen molar-refractivity contribution in [3.05, 3.63) is 47.6 Å². The van der Waals surface area contributed by atoms with Crippen LogP contribution >= 0.6 is 43.2 Å². The van der Waals surface area contributed by atoms with Gasteiger partial charge in [-0.1, -0.05) is 0 Å². The number of Topliss-reactive ketones (excluding diaryl/α,β-unsaturated/α-hetero) is 1. The molecule has 0 radical (unpaired) electrons. The summed E-state index contributed by atoms with van der Waals surface area (Å²) in [4.78, 5) is 28.5. The number of carbonyl (C=O) groups excluding carboxylic acids is 1. The number of carbonyl (C=O) groups is 1. The highest BCUT2D eigenvalue weighted by Crippen LogP contribution is 2.22. The van der Waals surface area contributed by atoms with Gasteiger partial charge in [0.05, 0.1) is 27.2 Å². The van der Waals surface area contributed by atoms with Gasteiger partial charge in [-0.15, -0.1) is 11.3 Å². The monoisotopic (exact) mass is 390 g/mol. The molecule has 0 spiro atoms. The summed E-state index contributed by atoms with van der Waals surface area (Å²) in [7, 11) is 0. The number of rotatable bonds is 3. The van der Waals surface area contributed by atoms with Gasteiger partial charge in [0.25, 0.3) is 5.56 Å². The summed E-state index contributed by atoms with van der Waals surface area (Å²) in [5, 5.41) is 0. The second kappa shape index (κ2) is 5.46. The number of thiophene rings is 1. The van der Waals surface area contributed by atoms with E-state index >= 15 is 0 Å². The Hall–Kier alpha value is -0.790. The van der Waals surface area contributed by atoms with Crippen molar-refractivity contribution >= 4 is 49.0 Å². The minimum absolute atomic E-state index is 0.00231. The van der Waals surface area contributed by atoms with Gasteiger partial charge in [0.1, 0.15) is 4.47 Å². The fourth-order valence-electron chi connectivity index (χ4n) is 1.36. The SMILES string of the molecule is Cc1ncn(CC(=O)c2ccc(Br)s2)c(=O)c1Br. The van der Waals surface area contributed by atoms with Crippen molar-refractivity contribution in [1.29, 1.82) is 0 Å². The van der Waals surface area contributed by atoms with Gasteiger partial charge in [-0.05, 0) is 50.9 Å². The average Bonchev–Trinajstić information content (AvgIpc) is 2.77. The van der Waals surface area contributed by atoms with Gasteiger partial charge in [-0.2, -0.15) is 0 Å². The molecule has 0 unspecified atom stereocenters. The maximum atomic E-state index is 12.0. The molecule has 94 valence electrons. The predicted molar refractivity (Wildman–Crippen MR) is 77.3 cm³/mol. The predicted octanol–water partition coefficient (Wildman–Crippen LogP) is 3.02. The molecule has 2 aromatic heterocycles. The van der Waals surface area contributed by atoms with Crippen LogP contribution in [0.25, 0.3) is 0 Å². The Bertz CT molecular complexity index is 663. The van der Waals surface area contributed by atoms with Crippen molar-refractivity contribution < 1.29 is 4.79 Å². The number of hydrogen-bond donors (Lipinski definition) is 0. The topological polar surface area (TPSA) is 52.0 Å². The van der Waals surface area contributed by atoms with E-state index in [0.29, 0.717) is 15.0 Å². The maximum Gasteiger partial charge on any atom is 0.268 e. The quantitative estimate of drug-likeness (QED) is 0.755. The fourth-order valence-corrected chi connectivity index (χ4v) is 3.00. The summed E-state index contributed by atoms with van der Waals surface area (Å²) >= 11 is 7.82. The summed E-state index contributed by atoms with van der Waals surface area (Å²) in [6.07, 6.45) is 1.39. The van der Waals surface area contributed by atoms with E-state index in [1.54, 1.807) is 13.0 Å². The summed E-state index contributed by atoms with van der Waals surface area (Å²) in [6.45, 7) is 1.73. The van der Waals surface area contributed by atoms with Crippen LogP contribution in [0.5, 0.6) is 0 Å². The Morgan fingerprint density at radius 3 is 2.78 bits per heavy atom. The normalized spacial score (nSPS) is 10.6. The molecule has 18 heavy (non-hydrogen) atoms. The Labute approximate surface area is 124 Å². The Kier molecular flexibility index (Phi) is 4.14. The van der Waals surface area contributed by atoms with E-state index in [2.05, 4.69) is 36.8 Å². The van der Waals surface area contributed by atoms with Crippen molar-refractivity contribution in [3.8, 4) is 0 Å². The summed E-state index contributed by atoms with van der Waals surface area (Å²) in [5.74, 6) is -0.106. The van der Waals surface area contributed by atoms with Crippen LogP contribution in [0.4, 0.5) is 0 Å². The first-order chi connectivity index (χ1) is 8.49. The van der Waals surface area contributed by atoms with E-state index in [-0.39, 0.29) is 17.9 Å². The number of hydrogen-bond acceptors (Lipinski definition) is 4.